The maximum atomic E-state index is 13.3. The minimum absolute atomic E-state index is 0.129. The van der Waals surface area contributed by atoms with Gasteiger partial charge in [-0.25, -0.2) is 4.68 Å². The zero-order valence-corrected chi connectivity index (χ0v) is 16.4. The van der Waals surface area contributed by atoms with Gasteiger partial charge < -0.3 is 4.90 Å². The largest absolute Gasteiger partial charge is 0.334 e. The topological polar surface area (TPSA) is 98.3 Å². The summed E-state index contributed by atoms with van der Waals surface area (Å²) in [5.74, 6) is 0.128. The molecule has 0 bridgehead atoms. The predicted molar refractivity (Wildman–Crippen MR) is 107 cm³/mol. The van der Waals surface area contributed by atoms with E-state index in [4.69, 9.17) is 0 Å². The van der Waals surface area contributed by atoms with Crippen LogP contribution in [-0.2, 0) is 0 Å². The van der Waals surface area contributed by atoms with Crippen LogP contribution < -0.4 is 5.43 Å². The highest BCUT2D eigenvalue weighted by Gasteiger charge is 2.37. The van der Waals surface area contributed by atoms with Crippen molar-refractivity contribution in [3.8, 4) is 5.69 Å². The van der Waals surface area contributed by atoms with Gasteiger partial charge in [-0.3, -0.25) is 19.7 Å². The number of hydrogen-bond donors (Lipinski definition) is 0. The van der Waals surface area contributed by atoms with Crippen molar-refractivity contribution in [1.29, 1.82) is 0 Å². The third-order valence-electron chi connectivity index (χ3n) is 6.12. The lowest BCUT2D eigenvalue weighted by molar-refractivity contribution is -0.384. The van der Waals surface area contributed by atoms with Crippen LogP contribution in [0.25, 0.3) is 5.69 Å². The van der Waals surface area contributed by atoms with Crippen LogP contribution in [0.3, 0.4) is 0 Å². The number of aryl methyl sites for hydroxylation is 1. The highest BCUT2D eigenvalue weighted by molar-refractivity contribution is 5.92. The number of carbonyl (C=O) groups is 1. The molecule has 1 saturated carbocycles. The lowest BCUT2D eigenvalue weighted by Gasteiger charge is -2.43. The average Bonchev–Trinajstić information content (AvgIpc) is 2.73. The first kappa shape index (κ1) is 19.3. The van der Waals surface area contributed by atoms with E-state index in [1.54, 1.807) is 25.1 Å². The fourth-order valence-electron chi connectivity index (χ4n) is 4.75. The molecule has 1 aliphatic carbocycles. The second kappa shape index (κ2) is 7.77. The van der Waals surface area contributed by atoms with Crippen molar-refractivity contribution in [2.45, 2.75) is 51.5 Å². The number of nitro groups is 1. The van der Waals surface area contributed by atoms with Crippen LogP contribution in [0.2, 0.25) is 0 Å². The molecule has 2 fully saturated rings. The number of nitro benzene ring substituents is 1. The van der Waals surface area contributed by atoms with Gasteiger partial charge in [0.25, 0.3) is 11.6 Å². The summed E-state index contributed by atoms with van der Waals surface area (Å²) in [6.45, 7) is 2.28. The summed E-state index contributed by atoms with van der Waals surface area (Å²) in [6.07, 6.45) is 6.41. The van der Waals surface area contributed by atoms with Crippen molar-refractivity contribution in [2.75, 3.05) is 6.54 Å². The molecule has 2 heterocycles. The van der Waals surface area contributed by atoms with Crippen LogP contribution in [0.5, 0.6) is 0 Å². The number of hydrogen-bond acceptors (Lipinski definition) is 5. The maximum Gasteiger partial charge on any atom is 0.294 e. The number of nitrogens with zero attached hydrogens (tertiary/aromatic N) is 4. The van der Waals surface area contributed by atoms with Gasteiger partial charge in [-0.05, 0) is 44.6 Å². The molecule has 1 aromatic heterocycles. The molecule has 4 rings (SSSR count). The van der Waals surface area contributed by atoms with Gasteiger partial charge in [0.05, 0.1) is 4.92 Å². The second-order valence-corrected chi connectivity index (χ2v) is 7.91. The molecule has 8 heteroatoms. The van der Waals surface area contributed by atoms with Crippen LogP contribution in [0.4, 0.5) is 5.69 Å². The molecule has 2 aromatic rings. The summed E-state index contributed by atoms with van der Waals surface area (Å²) < 4.78 is 1.33. The molecule has 1 amide bonds. The highest BCUT2D eigenvalue weighted by atomic mass is 16.6. The molecule has 2 atom stereocenters. The fourth-order valence-corrected chi connectivity index (χ4v) is 4.75. The van der Waals surface area contributed by atoms with E-state index in [1.165, 1.54) is 23.2 Å². The average molecular weight is 396 g/mol. The Labute approximate surface area is 168 Å². The summed E-state index contributed by atoms with van der Waals surface area (Å²) in [7, 11) is 0. The van der Waals surface area contributed by atoms with E-state index < -0.39 is 10.4 Å². The number of likely N-dealkylation sites (tertiary alicyclic amines) is 1. The smallest absolute Gasteiger partial charge is 0.294 e. The van der Waals surface area contributed by atoms with E-state index in [-0.39, 0.29) is 29.0 Å². The Morgan fingerprint density at radius 2 is 1.90 bits per heavy atom. The molecule has 29 heavy (non-hydrogen) atoms. The molecular weight excluding hydrogens is 372 g/mol. The molecule has 0 unspecified atom stereocenters. The number of fused-ring (bicyclic) bond motifs is 1. The fraction of sp³-hybridized carbons (Fsp3) is 0.476. The van der Waals surface area contributed by atoms with Crippen LogP contribution in [0.1, 0.15) is 54.7 Å². The van der Waals surface area contributed by atoms with E-state index >= 15 is 0 Å². The minimum atomic E-state index is -0.493. The lowest BCUT2D eigenvalue weighted by atomic mass is 9.78. The first-order chi connectivity index (χ1) is 14.0. The number of rotatable bonds is 3. The zero-order chi connectivity index (χ0) is 20.5. The van der Waals surface area contributed by atoms with Gasteiger partial charge in [0.15, 0.2) is 5.69 Å². The Bertz CT molecular complexity index is 1010. The summed E-state index contributed by atoms with van der Waals surface area (Å²) in [4.78, 5) is 38.7. The van der Waals surface area contributed by atoms with Gasteiger partial charge in [-0.15, -0.1) is 0 Å². The molecule has 2 aliphatic rings. The van der Waals surface area contributed by atoms with Gasteiger partial charge in [-0.1, -0.05) is 25.0 Å². The van der Waals surface area contributed by atoms with Crippen LogP contribution in [0, 0.1) is 23.0 Å². The Kier molecular flexibility index (Phi) is 5.17. The first-order valence-corrected chi connectivity index (χ1v) is 10.1. The van der Waals surface area contributed by atoms with Crippen LogP contribution >= 0.6 is 0 Å². The maximum absolute atomic E-state index is 13.3. The number of amides is 1. The third-order valence-corrected chi connectivity index (χ3v) is 6.12. The SMILES string of the molecule is Cc1cc(=O)c(C(=O)N2CCC[C@H]3CCCC[C@H]32)nn1-c1ccccc1[N+](=O)[O-]. The summed E-state index contributed by atoms with van der Waals surface area (Å²) >= 11 is 0. The number of piperidine rings is 1. The summed E-state index contributed by atoms with van der Waals surface area (Å²) in [5, 5.41) is 15.7. The van der Waals surface area contributed by atoms with E-state index in [0.29, 0.717) is 18.2 Å². The Balaban J connectivity index is 1.76. The summed E-state index contributed by atoms with van der Waals surface area (Å²) in [5.41, 5.74) is -0.0658. The van der Waals surface area contributed by atoms with Crippen molar-refractivity contribution >= 4 is 11.6 Å². The van der Waals surface area contributed by atoms with E-state index in [1.807, 2.05) is 4.90 Å². The first-order valence-electron chi connectivity index (χ1n) is 10.1. The van der Waals surface area contributed by atoms with E-state index in [0.717, 1.165) is 32.1 Å². The molecule has 152 valence electrons. The van der Waals surface area contributed by atoms with Crippen LogP contribution in [-0.4, -0.2) is 38.1 Å². The van der Waals surface area contributed by atoms with E-state index in [2.05, 4.69) is 5.10 Å². The quantitative estimate of drug-likeness (QED) is 0.586. The normalized spacial score (nSPS) is 21.5. The molecule has 0 N–H and O–H groups in total. The van der Waals surface area contributed by atoms with Crippen molar-refractivity contribution < 1.29 is 9.72 Å². The molecular formula is C21H24N4O4. The summed E-state index contributed by atoms with van der Waals surface area (Å²) in [6, 6.07) is 7.68. The molecule has 8 nitrogen and oxygen atoms in total. The molecule has 1 aliphatic heterocycles. The van der Waals surface area contributed by atoms with Gasteiger partial charge in [-0.2, -0.15) is 5.10 Å². The third kappa shape index (κ3) is 3.54. The number of benzene rings is 1. The lowest BCUT2D eigenvalue weighted by Crippen LogP contribution is -2.51. The highest BCUT2D eigenvalue weighted by Crippen LogP contribution is 2.35. The van der Waals surface area contributed by atoms with Gasteiger partial charge in [0, 0.05) is 30.4 Å². The van der Waals surface area contributed by atoms with Crippen LogP contribution in [0.15, 0.2) is 35.1 Å². The second-order valence-electron chi connectivity index (χ2n) is 7.91. The molecule has 0 spiro atoms. The number of aromatic nitrogens is 2. The monoisotopic (exact) mass is 396 g/mol. The number of carbonyl (C=O) groups excluding carboxylic acids is 1. The van der Waals surface area contributed by atoms with Gasteiger partial charge in [0.1, 0.15) is 5.69 Å². The Hall–Kier alpha value is -3.03. The standard InChI is InChI=1S/C21H24N4O4/c1-14-13-19(26)20(22-24(14)17-10-4-5-11-18(17)25(28)29)21(27)23-12-6-8-15-7-2-3-9-16(15)23/h4-5,10-11,13,15-16H,2-3,6-9,12H2,1H3/t15-,16-/m1/s1. The molecule has 1 aromatic carbocycles. The molecule has 1 saturated heterocycles. The predicted octanol–water partition coefficient (Wildman–Crippen LogP) is 3.24. The van der Waals surface area contributed by atoms with Gasteiger partial charge in [0.2, 0.25) is 5.43 Å². The minimum Gasteiger partial charge on any atom is -0.334 e. The zero-order valence-electron chi connectivity index (χ0n) is 16.4. The van der Waals surface area contributed by atoms with Crippen molar-refractivity contribution in [1.82, 2.24) is 14.7 Å². The Morgan fingerprint density at radius 1 is 1.17 bits per heavy atom. The van der Waals surface area contributed by atoms with Crippen molar-refractivity contribution in [2.24, 2.45) is 5.92 Å². The van der Waals surface area contributed by atoms with Gasteiger partial charge >= 0.3 is 0 Å². The van der Waals surface area contributed by atoms with E-state index in [9.17, 15) is 19.7 Å². The van der Waals surface area contributed by atoms with Crippen molar-refractivity contribution in [3.05, 3.63) is 62.1 Å². The Morgan fingerprint density at radius 3 is 2.69 bits per heavy atom. The van der Waals surface area contributed by atoms with Crippen molar-refractivity contribution in [3.63, 3.8) is 0 Å². The molecule has 0 radical (unpaired) electrons. The number of para-hydroxylation sites is 2.